The zero-order valence-corrected chi connectivity index (χ0v) is 6.54. The van der Waals surface area contributed by atoms with Crippen molar-refractivity contribution in [3.63, 3.8) is 0 Å². The first-order valence-corrected chi connectivity index (χ1v) is 3.65. The van der Waals surface area contributed by atoms with Gasteiger partial charge in [0.15, 0.2) is 0 Å². The summed E-state index contributed by atoms with van der Waals surface area (Å²) in [4.78, 5) is 0. The topological polar surface area (TPSA) is 0 Å². The lowest BCUT2D eigenvalue weighted by Crippen LogP contribution is -1.72. The normalized spacial score (nSPS) is 8.88. The van der Waals surface area contributed by atoms with Crippen LogP contribution in [0.4, 0.5) is 0 Å². The molecule has 0 unspecified atom stereocenters. The van der Waals surface area contributed by atoms with Gasteiger partial charge in [-0.2, -0.15) is 12.6 Å². The summed E-state index contributed by atoms with van der Waals surface area (Å²) < 4.78 is 0. The Bertz CT molecular complexity index is 70.5. The molecule has 0 aromatic rings. The number of thiol groups is 1. The largest absolute Gasteiger partial charge is 0.179 e. The molecular weight excluding hydrogens is 116 g/mol. The number of unbranched alkanes of at least 4 members (excludes halogenated alkanes) is 1. The molecule has 0 saturated carbocycles. The quantitative estimate of drug-likeness (QED) is 0.339. The van der Waals surface area contributed by atoms with Crippen LogP contribution in [0.2, 0.25) is 0 Å². The minimum absolute atomic E-state index is 1.00. The summed E-state index contributed by atoms with van der Waals surface area (Å²) in [5.41, 5.74) is 1.41. The molecule has 0 N–H and O–H groups in total. The van der Waals surface area contributed by atoms with E-state index in [2.05, 4.69) is 32.6 Å². The molecule has 0 aliphatic heterocycles. The van der Waals surface area contributed by atoms with Crippen molar-refractivity contribution >= 4 is 12.6 Å². The van der Waals surface area contributed by atoms with Gasteiger partial charge in [-0.15, -0.1) is 0 Å². The zero-order valence-electron chi connectivity index (χ0n) is 5.65. The summed E-state index contributed by atoms with van der Waals surface area (Å²) in [6, 6.07) is 0. The first kappa shape index (κ1) is 8.09. The van der Waals surface area contributed by atoms with Crippen LogP contribution < -0.4 is 0 Å². The molecule has 0 spiro atoms. The molecule has 0 aromatic heterocycles. The van der Waals surface area contributed by atoms with Gasteiger partial charge >= 0.3 is 0 Å². The van der Waals surface area contributed by atoms with Gasteiger partial charge < -0.3 is 0 Å². The first-order chi connectivity index (χ1) is 3.77. The monoisotopic (exact) mass is 130 g/mol. The number of allylic oxidation sites excluding steroid dienone is 2. The lowest BCUT2D eigenvalue weighted by atomic mass is 10.2. The Hall–Kier alpha value is 0.0900. The maximum atomic E-state index is 4.09. The lowest BCUT2D eigenvalue weighted by Gasteiger charge is -1.88. The fourth-order valence-electron chi connectivity index (χ4n) is 0.482. The number of hydrogen-bond acceptors (Lipinski definition) is 1. The van der Waals surface area contributed by atoms with Crippen LogP contribution in [-0.2, 0) is 0 Å². The molecule has 8 heavy (non-hydrogen) atoms. The third-order valence-corrected chi connectivity index (χ3v) is 1.23. The predicted molar refractivity (Wildman–Crippen MR) is 42.5 cm³/mol. The Kier molecular flexibility index (Phi) is 5.29. The van der Waals surface area contributed by atoms with Crippen LogP contribution in [0.5, 0.6) is 0 Å². The van der Waals surface area contributed by atoms with Crippen molar-refractivity contribution in [2.75, 3.05) is 5.75 Å². The highest BCUT2D eigenvalue weighted by Gasteiger charge is 1.78. The van der Waals surface area contributed by atoms with Gasteiger partial charge in [-0.05, 0) is 32.4 Å². The van der Waals surface area contributed by atoms with Gasteiger partial charge in [0.1, 0.15) is 0 Å². The van der Waals surface area contributed by atoms with Crippen LogP contribution in [0.15, 0.2) is 11.6 Å². The summed E-state index contributed by atoms with van der Waals surface area (Å²) in [6.45, 7) is 4.25. The van der Waals surface area contributed by atoms with Crippen molar-refractivity contribution in [3.05, 3.63) is 11.6 Å². The van der Waals surface area contributed by atoms with E-state index >= 15 is 0 Å². The summed E-state index contributed by atoms with van der Waals surface area (Å²) >= 11 is 4.09. The van der Waals surface area contributed by atoms with E-state index in [4.69, 9.17) is 0 Å². The minimum atomic E-state index is 1.00. The zero-order chi connectivity index (χ0) is 6.41. The van der Waals surface area contributed by atoms with Crippen LogP contribution in [0.1, 0.15) is 26.7 Å². The lowest BCUT2D eigenvalue weighted by molar-refractivity contribution is 0.964. The molecule has 0 atom stereocenters. The second-order valence-electron chi connectivity index (χ2n) is 2.15. The molecule has 0 nitrogen and oxygen atoms in total. The van der Waals surface area contributed by atoms with Crippen molar-refractivity contribution in [1.82, 2.24) is 0 Å². The fourth-order valence-corrected chi connectivity index (χ4v) is 0.665. The van der Waals surface area contributed by atoms with E-state index in [9.17, 15) is 0 Å². The van der Waals surface area contributed by atoms with Crippen LogP contribution in [0.3, 0.4) is 0 Å². The maximum absolute atomic E-state index is 4.09. The Balaban J connectivity index is 3.03. The molecule has 0 aromatic carbocycles. The highest BCUT2D eigenvalue weighted by Crippen LogP contribution is 1.97. The van der Waals surface area contributed by atoms with Gasteiger partial charge in [0.2, 0.25) is 0 Å². The fraction of sp³-hybridized carbons (Fsp3) is 0.714. The van der Waals surface area contributed by atoms with Crippen molar-refractivity contribution in [3.8, 4) is 0 Å². The molecule has 0 fully saturated rings. The van der Waals surface area contributed by atoms with Crippen LogP contribution in [0, 0.1) is 0 Å². The average Bonchev–Trinajstić information content (AvgIpc) is 1.66. The highest BCUT2D eigenvalue weighted by atomic mass is 32.1. The molecule has 0 aliphatic rings. The van der Waals surface area contributed by atoms with E-state index in [-0.39, 0.29) is 0 Å². The third kappa shape index (κ3) is 6.09. The smallest absolute Gasteiger partial charge is 0.00950 e. The highest BCUT2D eigenvalue weighted by molar-refractivity contribution is 7.80. The van der Waals surface area contributed by atoms with Crippen LogP contribution in [-0.4, -0.2) is 5.75 Å². The number of hydrogen-bond donors (Lipinski definition) is 1. The minimum Gasteiger partial charge on any atom is -0.179 e. The van der Waals surface area contributed by atoms with E-state index in [0.717, 1.165) is 5.75 Å². The SMILES string of the molecule is CC(C)=CCCCS. The Morgan fingerprint density at radius 1 is 1.50 bits per heavy atom. The van der Waals surface area contributed by atoms with Crippen molar-refractivity contribution in [1.29, 1.82) is 0 Å². The van der Waals surface area contributed by atoms with Gasteiger partial charge in [0.25, 0.3) is 0 Å². The molecule has 1 heteroatoms. The standard InChI is InChI=1S/C7H14S/c1-7(2)5-3-4-6-8/h5,8H,3-4,6H2,1-2H3. The van der Waals surface area contributed by atoms with Gasteiger partial charge in [-0.1, -0.05) is 11.6 Å². The molecule has 48 valence electrons. The molecule has 0 radical (unpaired) electrons. The van der Waals surface area contributed by atoms with Crippen molar-refractivity contribution in [2.45, 2.75) is 26.7 Å². The Labute approximate surface area is 57.4 Å². The van der Waals surface area contributed by atoms with Crippen molar-refractivity contribution < 1.29 is 0 Å². The summed E-state index contributed by atoms with van der Waals surface area (Å²) in [5.74, 6) is 1.00. The maximum Gasteiger partial charge on any atom is -0.00950 e. The summed E-state index contributed by atoms with van der Waals surface area (Å²) in [6.07, 6.45) is 4.64. The number of rotatable bonds is 3. The summed E-state index contributed by atoms with van der Waals surface area (Å²) in [7, 11) is 0. The molecule has 0 heterocycles. The second-order valence-corrected chi connectivity index (χ2v) is 2.59. The van der Waals surface area contributed by atoms with Gasteiger partial charge in [0, 0.05) is 0 Å². The third-order valence-electron chi connectivity index (χ3n) is 0.915. The summed E-state index contributed by atoms with van der Waals surface area (Å²) in [5, 5.41) is 0. The Morgan fingerprint density at radius 3 is 2.50 bits per heavy atom. The first-order valence-electron chi connectivity index (χ1n) is 3.01. The molecule has 0 amide bonds. The van der Waals surface area contributed by atoms with Crippen LogP contribution >= 0.6 is 12.6 Å². The predicted octanol–water partition coefficient (Wildman–Crippen LogP) is 2.66. The van der Waals surface area contributed by atoms with E-state index in [1.807, 2.05) is 0 Å². The molecule has 0 aliphatic carbocycles. The average molecular weight is 130 g/mol. The molecule has 0 rings (SSSR count). The Morgan fingerprint density at radius 2 is 2.12 bits per heavy atom. The van der Waals surface area contributed by atoms with Crippen molar-refractivity contribution in [2.24, 2.45) is 0 Å². The van der Waals surface area contributed by atoms with Gasteiger partial charge in [0.05, 0.1) is 0 Å². The molecular formula is C7H14S. The van der Waals surface area contributed by atoms with E-state index in [1.54, 1.807) is 0 Å². The van der Waals surface area contributed by atoms with Gasteiger partial charge in [-0.25, -0.2) is 0 Å². The van der Waals surface area contributed by atoms with Gasteiger partial charge in [-0.3, -0.25) is 0 Å². The molecule has 0 bridgehead atoms. The van der Waals surface area contributed by atoms with E-state index < -0.39 is 0 Å². The second kappa shape index (κ2) is 5.23. The van der Waals surface area contributed by atoms with Crippen LogP contribution in [0.25, 0.3) is 0 Å². The van der Waals surface area contributed by atoms with E-state index in [0.29, 0.717) is 0 Å². The van der Waals surface area contributed by atoms with E-state index in [1.165, 1.54) is 18.4 Å². The molecule has 0 saturated heterocycles.